The van der Waals surface area contributed by atoms with Gasteiger partial charge in [-0.2, -0.15) is 4.98 Å². The maximum atomic E-state index is 10.1. The highest BCUT2D eigenvalue weighted by atomic mass is 35.5. The number of nitrogen functional groups attached to an aromatic ring is 1. The van der Waals surface area contributed by atoms with Crippen LogP contribution in [0.2, 0.25) is 5.28 Å². The van der Waals surface area contributed by atoms with Crippen molar-refractivity contribution >= 4 is 23.1 Å². The molecular formula is C11H19ClN4O. The Morgan fingerprint density at radius 1 is 1.59 bits per heavy atom. The summed E-state index contributed by atoms with van der Waals surface area (Å²) in [6.07, 6.45) is 2.13. The molecule has 1 rings (SSSR count). The van der Waals surface area contributed by atoms with Crippen LogP contribution in [-0.4, -0.2) is 27.2 Å². The Labute approximate surface area is 106 Å². The molecule has 5 nitrogen and oxygen atoms in total. The second-order valence-electron chi connectivity index (χ2n) is 4.89. The molecular weight excluding hydrogens is 240 g/mol. The third kappa shape index (κ3) is 4.75. The van der Waals surface area contributed by atoms with Gasteiger partial charge in [-0.3, -0.25) is 0 Å². The van der Waals surface area contributed by atoms with Crippen molar-refractivity contribution in [3.63, 3.8) is 0 Å². The standard InChI is InChI=1S/C11H19ClN4O/c1-7(2)4-11(3,17)6-15-9-8(13)5-14-10(12)16-9/h5,7,17H,4,6,13H2,1-3H3,(H,14,15,16). The van der Waals surface area contributed by atoms with Crippen molar-refractivity contribution in [2.45, 2.75) is 32.8 Å². The number of aliphatic hydroxyl groups is 1. The maximum absolute atomic E-state index is 10.1. The van der Waals surface area contributed by atoms with Gasteiger partial charge in [0.05, 0.1) is 17.5 Å². The zero-order valence-electron chi connectivity index (χ0n) is 10.4. The van der Waals surface area contributed by atoms with Gasteiger partial charge in [-0.15, -0.1) is 0 Å². The van der Waals surface area contributed by atoms with E-state index in [0.717, 1.165) is 0 Å². The summed E-state index contributed by atoms with van der Waals surface area (Å²) in [6, 6.07) is 0. The van der Waals surface area contributed by atoms with Crippen molar-refractivity contribution in [2.24, 2.45) is 5.92 Å². The summed E-state index contributed by atoms with van der Waals surface area (Å²) in [7, 11) is 0. The normalized spacial score (nSPS) is 14.7. The monoisotopic (exact) mass is 258 g/mol. The quantitative estimate of drug-likeness (QED) is 0.703. The number of anilines is 2. The van der Waals surface area contributed by atoms with Crippen molar-refractivity contribution in [2.75, 3.05) is 17.6 Å². The van der Waals surface area contributed by atoms with Crippen LogP contribution < -0.4 is 11.1 Å². The third-order valence-electron chi connectivity index (χ3n) is 2.27. The molecule has 0 fully saturated rings. The molecule has 4 N–H and O–H groups in total. The lowest BCUT2D eigenvalue weighted by Gasteiger charge is -2.26. The Hall–Kier alpha value is -1.07. The molecule has 1 heterocycles. The molecule has 0 spiro atoms. The van der Waals surface area contributed by atoms with E-state index < -0.39 is 5.60 Å². The van der Waals surface area contributed by atoms with Crippen molar-refractivity contribution in [1.82, 2.24) is 9.97 Å². The zero-order valence-corrected chi connectivity index (χ0v) is 11.1. The maximum Gasteiger partial charge on any atom is 0.224 e. The van der Waals surface area contributed by atoms with Gasteiger partial charge in [-0.1, -0.05) is 13.8 Å². The average Bonchev–Trinajstić information content (AvgIpc) is 2.17. The summed E-state index contributed by atoms with van der Waals surface area (Å²) in [5.74, 6) is 0.868. The van der Waals surface area contributed by atoms with Crippen LogP contribution in [0, 0.1) is 5.92 Å². The van der Waals surface area contributed by atoms with Gasteiger partial charge in [0, 0.05) is 6.54 Å². The highest BCUT2D eigenvalue weighted by Crippen LogP contribution is 2.20. The number of nitrogens with zero attached hydrogens (tertiary/aromatic N) is 2. The number of halogens is 1. The van der Waals surface area contributed by atoms with Gasteiger partial charge in [0.25, 0.3) is 0 Å². The Morgan fingerprint density at radius 3 is 2.82 bits per heavy atom. The first-order chi connectivity index (χ1) is 7.80. The van der Waals surface area contributed by atoms with E-state index in [4.69, 9.17) is 17.3 Å². The molecule has 0 aliphatic carbocycles. The molecule has 0 radical (unpaired) electrons. The SMILES string of the molecule is CC(C)CC(C)(O)CNc1nc(Cl)ncc1N. The molecule has 0 aromatic carbocycles. The molecule has 0 amide bonds. The van der Waals surface area contributed by atoms with Gasteiger partial charge in [0.2, 0.25) is 5.28 Å². The minimum absolute atomic E-state index is 0.130. The molecule has 96 valence electrons. The molecule has 1 atom stereocenters. The van der Waals surface area contributed by atoms with Gasteiger partial charge in [0.15, 0.2) is 5.82 Å². The molecule has 0 bridgehead atoms. The van der Waals surface area contributed by atoms with Gasteiger partial charge in [-0.05, 0) is 30.9 Å². The Kier molecular flexibility index (Phi) is 4.54. The van der Waals surface area contributed by atoms with E-state index in [1.807, 2.05) is 0 Å². The summed E-state index contributed by atoms with van der Waals surface area (Å²) in [6.45, 7) is 6.26. The predicted octanol–water partition coefficient (Wildman–Crippen LogP) is 1.92. The van der Waals surface area contributed by atoms with Gasteiger partial charge >= 0.3 is 0 Å². The first kappa shape index (κ1) is 14.0. The molecule has 0 aliphatic heterocycles. The smallest absolute Gasteiger partial charge is 0.224 e. The van der Waals surface area contributed by atoms with E-state index >= 15 is 0 Å². The number of nitrogens with two attached hydrogens (primary N) is 1. The fourth-order valence-corrected chi connectivity index (χ4v) is 1.87. The number of nitrogens with one attached hydrogen (secondary N) is 1. The first-order valence-corrected chi connectivity index (χ1v) is 5.92. The Balaban J connectivity index is 2.63. The topological polar surface area (TPSA) is 84.1 Å². The van der Waals surface area contributed by atoms with Crippen molar-refractivity contribution in [3.8, 4) is 0 Å². The van der Waals surface area contributed by atoms with Crippen LogP contribution in [0.15, 0.2) is 6.20 Å². The van der Waals surface area contributed by atoms with E-state index in [2.05, 4.69) is 29.1 Å². The van der Waals surface area contributed by atoms with Gasteiger partial charge in [-0.25, -0.2) is 4.98 Å². The summed E-state index contributed by atoms with van der Waals surface area (Å²) in [5.41, 5.74) is 5.30. The lowest BCUT2D eigenvalue weighted by molar-refractivity contribution is 0.0515. The number of hydrogen-bond donors (Lipinski definition) is 3. The summed E-state index contributed by atoms with van der Waals surface area (Å²) in [4.78, 5) is 7.72. The largest absolute Gasteiger partial charge is 0.394 e. The second-order valence-corrected chi connectivity index (χ2v) is 5.23. The number of hydrogen-bond acceptors (Lipinski definition) is 5. The van der Waals surface area contributed by atoms with E-state index in [1.165, 1.54) is 6.20 Å². The average molecular weight is 259 g/mol. The zero-order chi connectivity index (χ0) is 13.1. The van der Waals surface area contributed by atoms with E-state index in [0.29, 0.717) is 30.4 Å². The number of aromatic nitrogens is 2. The van der Waals surface area contributed by atoms with Crippen LogP contribution in [-0.2, 0) is 0 Å². The third-order valence-corrected chi connectivity index (χ3v) is 2.45. The molecule has 17 heavy (non-hydrogen) atoms. The molecule has 1 aromatic heterocycles. The summed E-state index contributed by atoms with van der Waals surface area (Å²) >= 11 is 5.67. The summed E-state index contributed by atoms with van der Waals surface area (Å²) < 4.78 is 0. The van der Waals surface area contributed by atoms with Crippen molar-refractivity contribution < 1.29 is 5.11 Å². The predicted molar refractivity (Wildman–Crippen MR) is 70.0 cm³/mol. The van der Waals surface area contributed by atoms with Crippen molar-refractivity contribution in [1.29, 1.82) is 0 Å². The highest BCUT2D eigenvalue weighted by Gasteiger charge is 2.22. The molecule has 6 heteroatoms. The Bertz CT molecular complexity index is 382. The van der Waals surface area contributed by atoms with Crippen LogP contribution >= 0.6 is 11.6 Å². The highest BCUT2D eigenvalue weighted by molar-refractivity contribution is 6.28. The van der Waals surface area contributed by atoms with Crippen LogP contribution in [0.5, 0.6) is 0 Å². The molecule has 1 unspecified atom stereocenters. The fraction of sp³-hybridized carbons (Fsp3) is 0.636. The lowest BCUT2D eigenvalue weighted by atomic mass is 9.94. The minimum atomic E-state index is -0.808. The van der Waals surface area contributed by atoms with Crippen LogP contribution in [0.4, 0.5) is 11.5 Å². The van der Waals surface area contributed by atoms with Crippen LogP contribution in [0.25, 0.3) is 0 Å². The van der Waals surface area contributed by atoms with Crippen LogP contribution in [0.1, 0.15) is 27.2 Å². The van der Waals surface area contributed by atoms with E-state index in [1.54, 1.807) is 6.92 Å². The first-order valence-electron chi connectivity index (χ1n) is 5.54. The Morgan fingerprint density at radius 2 is 2.24 bits per heavy atom. The molecule has 1 aromatic rings. The summed E-state index contributed by atoms with van der Waals surface area (Å²) in [5, 5.41) is 13.2. The van der Waals surface area contributed by atoms with Crippen molar-refractivity contribution in [3.05, 3.63) is 11.5 Å². The van der Waals surface area contributed by atoms with Crippen LogP contribution in [0.3, 0.4) is 0 Å². The van der Waals surface area contributed by atoms with E-state index in [-0.39, 0.29) is 5.28 Å². The second kappa shape index (κ2) is 5.51. The lowest BCUT2D eigenvalue weighted by Crippen LogP contribution is -2.35. The molecule has 0 saturated heterocycles. The minimum Gasteiger partial charge on any atom is -0.394 e. The fourth-order valence-electron chi connectivity index (χ4n) is 1.74. The molecule has 0 aliphatic rings. The molecule has 0 saturated carbocycles. The van der Waals surface area contributed by atoms with Gasteiger partial charge in [0.1, 0.15) is 0 Å². The van der Waals surface area contributed by atoms with E-state index in [9.17, 15) is 5.11 Å². The number of rotatable bonds is 5. The van der Waals surface area contributed by atoms with Gasteiger partial charge < -0.3 is 16.2 Å².